The van der Waals surface area contributed by atoms with Gasteiger partial charge in [-0.15, -0.1) is 32.7 Å². The van der Waals surface area contributed by atoms with Gasteiger partial charge in [0.2, 0.25) is 11.6 Å². The number of hydrogen-bond donors (Lipinski definition) is 0. The van der Waals surface area contributed by atoms with E-state index in [1.54, 1.807) is 54.6 Å². The van der Waals surface area contributed by atoms with E-state index in [-0.39, 0.29) is 33.9 Å². The van der Waals surface area contributed by atoms with Gasteiger partial charge in [0.15, 0.2) is 0 Å². The number of carboxylic acid groups (broad SMARTS) is 3. The van der Waals surface area contributed by atoms with Crippen LogP contribution in [0.15, 0.2) is 91.5 Å². The summed E-state index contributed by atoms with van der Waals surface area (Å²) in [5, 5.41) is 62.2. The lowest BCUT2D eigenvalue weighted by atomic mass is 9.98. The SMILES string of the molecule is C=C([O-])c1cc(C(=O)[O-])cc(-c2ccc(-c3nnc(-c4ccc(-c5cc(C(=O)[O-])cc(C(=O)[O-])c5)cc4)nn3)cc2)c1. The third-order valence-corrected chi connectivity index (χ3v) is 6.33. The van der Waals surface area contributed by atoms with E-state index in [1.165, 1.54) is 24.3 Å². The summed E-state index contributed by atoms with van der Waals surface area (Å²) in [4.78, 5) is 33.9. The Kier molecular flexibility index (Phi) is 7.23. The molecular weight excluding hydrogens is 540 g/mol. The molecule has 0 saturated heterocycles. The van der Waals surface area contributed by atoms with E-state index in [9.17, 15) is 34.8 Å². The number of nitrogens with zero attached hydrogens (tertiary/aromatic N) is 4. The van der Waals surface area contributed by atoms with E-state index >= 15 is 0 Å². The van der Waals surface area contributed by atoms with Gasteiger partial charge in [0.1, 0.15) is 0 Å². The van der Waals surface area contributed by atoms with Crippen molar-refractivity contribution in [2.75, 3.05) is 0 Å². The minimum atomic E-state index is -1.51. The number of carbonyl (C=O) groups excluding carboxylic acids is 3. The van der Waals surface area contributed by atoms with Gasteiger partial charge in [-0.3, -0.25) is 0 Å². The second-order valence-corrected chi connectivity index (χ2v) is 9.09. The molecule has 0 saturated carbocycles. The molecule has 0 bridgehead atoms. The second kappa shape index (κ2) is 11.1. The molecule has 206 valence electrons. The van der Waals surface area contributed by atoms with Crippen molar-refractivity contribution in [1.82, 2.24) is 20.4 Å². The number of carbonyl (C=O) groups is 3. The van der Waals surface area contributed by atoms with Gasteiger partial charge in [-0.1, -0.05) is 48.5 Å². The number of hydrogen-bond acceptors (Lipinski definition) is 11. The van der Waals surface area contributed by atoms with Crippen LogP contribution in [0.3, 0.4) is 0 Å². The average Bonchev–Trinajstić information content (AvgIpc) is 3.00. The molecule has 0 fully saturated rings. The maximum Gasteiger partial charge on any atom is 0.203 e. The van der Waals surface area contributed by atoms with Crippen LogP contribution in [0.5, 0.6) is 0 Å². The lowest BCUT2D eigenvalue weighted by Crippen LogP contribution is -2.25. The Morgan fingerprint density at radius 1 is 0.429 bits per heavy atom. The van der Waals surface area contributed by atoms with Gasteiger partial charge < -0.3 is 34.8 Å². The molecule has 0 spiro atoms. The summed E-state index contributed by atoms with van der Waals surface area (Å²) in [6, 6.07) is 21.1. The molecule has 42 heavy (non-hydrogen) atoms. The summed E-state index contributed by atoms with van der Waals surface area (Å²) >= 11 is 0. The first-order valence-corrected chi connectivity index (χ1v) is 12.2. The molecular formula is C31H16N4O7-4. The zero-order valence-electron chi connectivity index (χ0n) is 21.4. The summed E-state index contributed by atoms with van der Waals surface area (Å²) in [6.07, 6.45) is 0. The third-order valence-electron chi connectivity index (χ3n) is 6.33. The fourth-order valence-electron chi connectivity index (χ4n) is 4.19. The summed E-state index contributed by atoms with van der Waals surface area (Å²) < 4.78 is 0. The number of aromatic carboxylic acids is 3. The van der Waals surface area contributed by atoms with E-state index < -0.39 is 23.7 Å². The Bertz CT molecular complexity index is 1670. The summed E-state index contributed by atoms with van der Waals surface area (Å²) in [5.74, 6) is -4.52. The first kappa shape index (κ1) is 27.3. The first-order chi connectivity index (χ1) is 20.1. The minimum Gasteiger partial charge on any atom is -0.872 e. The lowest BCUT2D eigenvalue weighted by molar-refractivity contribution is -0.256. The van der Waals surface area contributed by atoms with Gasteiger partial charge in [-0.05, 0) is 80.9 Å². The van der Waals surface area contributed by atoms with Crippen molar-refractivity contribution in [3.05, 3.63) is 114 Å². The summed E-state index contributed by atoms with van der Waals surface area (Å²) in [6.45, 7) is 3.34. The van der Waals surface area contributed by atoms with Crippen molar-refractivity contribution < 1.29 is 34.8 Å². The van der Waals surface area contributed by atoms with Gasteiger partial charge in [0.05, 0.1) is 17.9 Å². The molecule has 0 atom stereocenters. The zero-order valence-corrected chi connectivity index (χ0v) is 21.4. The number of aromatic nitrogens is 4. The van der Waals surface area contributed by atoms with Crippen molar-refractivity contribution in [3.63, 3.8) is 0 Å². The van der Waals surface area contributed by atoms with Gasteiger partial charge in [-0.2, -0.15) is 0 Å². The van der Waals surface area contributed by atoms with E-state index in [0.29, 0.717) is 33.4 Å². The molecule has 0 aliphatic carbocycles. The van der Waals surface area contributed by atoms with Gasteiger partial charge in [0, 0.05) is 11.1 Å². The van der Waals surface area contributed by atoms with Crippen molar-refractivity contribution in [2.45, 2.75) is 0 Å². The van der Waals surface area contributed by atoms with Crippen molar-refractivity contribution in [3.8, 4) is 45.0 Å². The molecule has 1 aromatic heterocycles. The van der Waals surface area contributed by atoms with Crippen molar-refractivity contribution >= 4 is 23.7 Å². The van der Waals surface area contributed by atoms with Crippen LogP contribution in [0.4, 0.5) is 0 Å². The smallest absolute Gasteiger partial charge is 0.203 e. The standard InChI is InChI=1S/C31H20N4O7/c1-16(36)21-10-22(12-24(11-21)29(37)38)17-2-6-19(7-3-17)27-32-34-28(35-33-27)20-8-4-18(5-9-20)23-13-25(30(39)40)15-26(14-23)31(41)42/h2-15,36H,1H2,(H,37,38)(H,39,40)(H,41,42)/p-4. The molecule has 0 aliphatic rings. The molecule has 0 N–H and O–H groups in total. The normalized spacial score (nSPS) is 10.7. The van der Waals surface area contributed by atoms with Gasteiger partial charge in [-0.25, -0.2) is 0 Å². The molecule has 5 rings (SSSR count). The molecule has 1 heterocycles. The summed E-state index contributed by atoms with van der Waals surface area (Å²) in [5.41, 5.74) is 2.58. The quantitative estimate of drug-likeness (QED) is 0.239. The van der Waals surface area contributed by atoms with E-state index in [0.717, 1.165) is 6.07 Å². The Balaban J connectivity index is 1.37. The van der Waals surface area contributed by atoms with Gasteiger partial charge in [0.25, 0.3) is 0 Å². The third kappa shape index (κ3) is 5.70. The van der Waals surface area contributed by atoms with E-state index in [2.05, 4.69) is 27.0 Å². The van der Waals surface area contributed by atoms with Crippen LogP contribution in [-0.4, -0.2) is 38.3 Å². The van der Waals surface area contributed by atoms with Gasteiger partial charge >= 0.3 is 0 Å². The van der Waals surface area contributed by atoms with Crippen LogP contribution in [0.1, 0.15) is 36.6 Å². The largest absolute Gasteiger partial charge is 0.872 e. The highest BCUT2D eigenvalue weighted by atomic mass is 16.4. The Morgan fingerprint density at radius 3 is 1.02 bits per heavy atom. The second-order valence-electron chi connectivity index (χ2n) is 9.09. The van der Waals surface area contributed by atoms with Crippen LogP contribution in [0, 0.1) is 0 Å². The van der Waals surface area contributed by atoms with Crippen LogP contribution in [0.25, 0.3) is 50.8 Å². The predicted octanol–water partition coefficient (Wildman–Crippen LogP) is 0.356. The van der Waals surface area contributed by atoms with Crippen LogP contribution in [0.2, 0.25) is 0 Å². The van der Waals surface area contributed by atoms with Crippen molar-refractivity contribution in [2.24, 2.45) is 0 Å². The topological polar surface area (TPSA) is 195 Å². The van der Waals surface area contributed by atoms with Crippen LogP contribution < -0.4 is 20.4 Å². The predicted molar refractivity (Wildman–Crippen MR) is 141 cm³/mol. The summed E-state index contributed by atoms with van der Waals surface area (Å²) in [7, 11) is 0. The molecule has 0 amide bonds. The highest BCUT2D eigenvalue weighted by Gasteiger charge is 2.10. The number of carboxylic acids is 3. The highest BCUT2D eigenvalue weighted by molar-refractivity contribution is 5.95. The monoisotopic (exact) mass is 556 g/mol. The fraction of sp³-hybridized carbons (Fsp3) is 0. The Labute approximate surface area is 237 Å². The zero-order chi connectivity index (χ0) is 30.0. The molecule has 5 aromatic rings. The average molecular weight is 556 g/mol. The van der Waals surface area contributed by atoms with Crippen LogP contribution >= 0.6 is 0 Å². The van der Waals surface area contributed by atoms with Crippen LogP contribution in [-0.2, 0) is 0 Å². The molecule has 0 aliphatic heterocycles. The number of benzene rings is 4. The first-order valence-electron chi connectivity index (χ1n) is 12.2. The Morgan fingerprint density at radius 2 is 0.714 bits per heavy atom. The van der Waals surface area contributed by atoms with E-state index in [4.69, 9.17) is 0 Å². The Hall–Kier alpha value is -6.23. The molecule has 4 aromatic carbocycles. The molecule has 11 nitrogen and oxygen atoms in total. The molecule has 0 radical (unpaired) electrons. The van der Waals surface area contributed by atoms with E-state index in [1.807, 2.05) is 0 Å². The number of rotatable bonds is 8. The highest BCUT2D eigenvalue weighted by Crippen LogP contribution is 2.28. The molecule has 0 unspecified atom stereocenters. The fourth-order valence-corrected chi connectivity index (χ4v) is 4.19. The minimum absolute atomic E-state index is 0.141. The lowest BCUT2D eigenvalue weighted by Gasteiger charge is -2.15. The maximum absolute atomic E-state index is 11.7. The van der Waals surface area contributed by atoms with Crippen molar-refractivity contribution in [1.29, 1.82) is 0 Å². The maximum atomic E-state index is 11.7. The molecule has 11 heteroatoms.